The van der Waals surface area contributed by atoms with Gasteiger partial charge in [0.2, 0.25) is 5.79 Å². The Balaban J connectivity index is 2.91. The standard InChI is InChI=1S/C20H31N5O4/c1-4-25(5-2)18(26)16-10-12-17(13-11-16)20(28-3,29-19(21)27)14-8-6-7-9-15-23-24-22/h10-13H,4-9,14-15H2,1-3H3,(H2,21,27). The van der Waals surface area contributed by atoms with E-state index in [4.69, 9.17) is 20.7 Å². The number of rotatable bonds is 13. The summed E-state index contributed by atoms with van der Waals surface area (Å²) in [7, 11) is 1.46. The molecular formula is C20H31N5O4. The highest BCUT2D eigenvalue weighted by Gasteiger charge is 2.36. The molecule has 0 fully saturated rings. The molecule has 1 atom stereocenters. The number of hydrogen-bond donors (Lipinski definition) is 1. The molecule has 0 radical (unpaired) electrons. The van der Waals surface area contributed by atoms with Gasteiger partial charge in [-0.25, -0.2) is 4.79 Å². The lowest BCUT2D eigenvalue weighted by molar-refractivity contribution is -0.197. The highest BCUT2D eigenvalue weighted by atomic mass is 16.7. The Labute approximate surface area is 171 Å². The highest BCUT2D eigenvalue weighted by Crippen LogP contribution is 2.33. The van der Waals surface area contributed by atoms with Gasteiger partial charge >= 0.3 is 6.09 Å². The van der Waals surface area contributed by atoms with Gasteiger partial charge in [-0.3, -0.25) is 4.79 Å². The normalized spacial score (nSPS) is 12.5. The third-order valence-corrected chi connectivity index (χ3v) is 4.79. The van der Waals surface area contributed by atoms with Crippen molar-refractivity contribution in [1.29, 1.82) is 0 Å². The van der Waals surface area contributed by atoms with Crippen molar-refractivity contribution in [3.05, 3.63) is 45.8 Å². The van der Waals surface area contributed by atoms with Gasteiger partial charge in [0, 0.05) is 49.2 Å². The average Bonchev–Trinajstić information content (AvgIpc) is 2.73. The fourth-order valence-electron chi connectivity index (χ4n) is 3.18. The summed E-state index contributed by atoms with van der Waals surface area (Å²) in [4.78, 5) is 28.5. The van der Waals surface area contributed by atoms with Crippen LogP contribution in [0.15, 0.2) is 29.4 Å². The topological polar surface area (TPSA) is 131 Å². The van der Waals surface area contributed by atoms with Gasteiger partial charge in [-0.1, -0.05) is 30.1 Å². The average molecular weight is 405 g/mol. The zero-order valence-corrected chi connectivity index (χ0v) is 17.5. The number of unbranched alkanes of at least 4 members (excludes halogenated alkanes) is 3. The van der Waals surface area contributed by atoms with E-state index in [1.807, 2.05) is 13.8 Å². The van der Waals surface area contributed by atoms with Gasteiger partial charge in [0.25, 0.3) is 5.91 Å². The number of nitrogens with two attached hydrogens (primary N) is 1. The number of methoxy groups -OCH3 is 1. The van der Waals surface area contributed by atoms with Crippen LogP contribution in [0, 0.1) is 0 Å². The number of amides is 2. The molecule has 160 valence electrons. The van der Waals surface area contributed by atoms with E-state index in [1.54, 1.807) is 29.2 Å². The molecule has 1 aromatic carbocycles. The quantitative estimate of drug-likeness (QED) is 0.172. The molecule has 0 saturated carbocycles. The van der Waals surface area contributed by atoms with Gasteiger partial charge in [0.1, 0.15) is 0 Å². The summed E-state index contributed by atoms with van der Waals surface area (Å²) >= 11 is 0. The molecule has 0 aliphatic heterocycles. The van der Waals surface area contributed by atoms with Crippen LogP contribution >= 0.6 is 0 Å². The monoisotopic (exact) mass is 405 g/mol. The highest BCUT2D eigenvalue weighted by molar-refractivity contribution is 5.94. The maximum Gasteiger partial charge on any atom is 0.407 e. The molecule has 9 heteroatoms. The third-order valence-electron chi connectivity index (χ3n) is 4.79. The summed E-state index contributed by atoms with van der Waals surface area (Å²) in [5.74, 6) is -1.37. The zero-order chi connectivity index (χ0) is 21.7. The summed E-state index contributed by atoms with van der Waals surface area (Å²) in [5, 5.41) is 3.51. The van der Waals surface area contributed by atoms with E-state index >= 15 is 0 Å². The largest absolute Gasteiger partial charge is 0.413 e. The van der Waals surface area contributed by atoms with Crippen molar-refractivity contribution in [2.45, 2.75) is 51.7 Å². The fourth-order valence-corrected chi connectivity index (χ4v) is 3.18. The molecule has 0 saturated heterocycles. The minimum atomic E-state index is -1.31. The van der Waals surface area contributed by atoms with Crippen LogP contribution in [0.4, 0.5) is 4.79 Å². The molecule has 1 aromatic rings. The number of carbonyl (C=O) groups is 2. The van der Waals surface area contributed by atoms with Crippen LogP contribution in [0.1, 0.15) is 61.9 Å². The van der Waals surface area contributed by atoms with Crippen molar-refractivity contribution in [2.75, 3.05) is 26.7 Å². The number of azide groups is 1. The second-order valence-electron chi connectivity index (χ2n) is 6.55. The molecule has 0 aliphatic rings. The number of carbonyl (C=O) groups excluding carboxylic acids is 2. The minimum absolute atomic E-state index is 0.0552. The lowest BCUT2D eigenvalue weighted by Crippen LogP contribution is -2.37. The predicted octanol–water partition coefficient (Wildman–Crippen LogP) is 4.32. The van der Waals surface area contributed by atoms with Crippen LogP contribution in [0.5, 0.6) is 0 Å². The maximum atomic E-state index is 12.5. The molecule has 2 amide bonds. The van der Waals surface area contributed by atoms with Gasteiger partial charge < -0.3 is 20.1 Å². The zero-order valence-electron chi connectivity index (χ0n) is 17.5. The first kappa shape index (κ1) is 24.3. The molecule has 1 rings (SSSR count). The smallest absolute Gasteiger partial charge is 0.407 e. The Morgan fingerprint density at radius 2 is 1.76 bits per heavy atom. The van der Waals surface area contributed by atoms with Gasteiger partial charge in [-0.05, 0) is 44.4 Å². The van der Waals surface area contributed by atoms with Crippen LogP contribution < -0.4 is 5.73 Å². The minimum Gasteiger partial charge on any atom is -0.413 e. The van der Waals surface area contributed by atoms with Crippen LogP contribution in [0.2, 0.25) is 0 Å². The number of hydrogen-bond acceptors (Lipinski definition) is 5. The molecule has 1 unspecified atom stereocenters. The number of nitrogens with zero attached hydrogens (tertiary/aromatic N) is 4. The summed E-state index contributed by atoms with van der Waals surface area (Å²) in [6, 6.07) is 6.86. The van der Waals surface area contributed by atoms with E-state index in [-0.39, 0.29) is 5.91 Å². The Hall–Kier alpha value is -2.77. The van der Waals surface area contributed by atoms with Crippen molar-refractivity contribution < 1.29 is 19.1 Å². The van der Waals surface area contributed by atoms with E-state index < -0.39 is 11.9 Å². The molecule has 0 spiro atoms. The SMILES string of the molecule is CCN(CC)C(=O)c1ccc(C(CCCCCCN=[N+]=[N-])(OC)OC(N)=O)cc1. The number of benzene rings is 1. The van der Waals surface area contributed by atoms with Gasteiger partial charge in [0.05, 0.1) is 0 Å². The lowest BCUT2D eigenvalue weighted by atomic mass is 9.97. The van der Waals surface area contributed by atoms with Crippen LogP contribution in [0.3, 0.4) is 0 Å². The van der Waals surface area contributed by atoms with Crippen molar-refractivity contribution in [3.63, 3.8) is 0 Å². The molecule has 0 aromatic heterocycles. The Bertz CT molecular complexity index is 699. The predicted molar refractivity (Wildman–Crippen MR) is 110 cm³/mol. The van der Waals surface area contributed by atoms with Gasteiger partial charge in [0.15, 0.2) is 0 Å². The fraction of sp³-hybridized carbons (Fsp3) is 0.600. The maximum absolute atomic E-state index is 12.5. The lowest BCUT2D eigenvalue weighted by Gasteiger charge is -2.32. The summed E-state index contributed by atoms with van der Waals surface area (Å²) in [6.45, 7) is 5.58. The Morgan fingerprint density at radius 1 is 1.14 bits per heavy atom. The molecule has 0 bridgehead atoms. The number of primary amides is 1. The van der Waals surface area contributed by atoms with Gasteiger partial charge in [-0.2, -0.15) is 0 Å². The Morgan fingerprint density at radius 3 is 2.28 bits per heavy atom. The Kier molecular flexibility index (Phi) is 10.6. The van der Waals surface area contributed by atoms with Crippen molar-refractivity contribution >= 4 is 12.0 Å². The number of ether oxygens (including phenoxy) is 2. The molecule has 9 nitrogen and oxygen atoms in total. The van der Waals surface area contributed by atoms with E-state index in [0.717, 1.165) is 25.7 Å². The van der Waals surface area contributed by atoms with Gasteiger partial charge in [-0.15, -0.1) is 0 Å². The van der Waals surface area contributed by atoms with Crippen molar-refractivity contribution in [2.24, 2.45) is 10.8 Å². The second kappa shape index (κ2) is 12.6. The first-order valence-electron chi connectivity index (χ1n) is 9.88. The summed E-state index contributed by atoms with van der Waals surface area (Å²) in [6.07, 6.45) is 2.73. The molecule has 29 heavy (non-hydrogen) atoms. The van der Waals surface area contributed by atoms with Crippen LogP contribution in [-0.4, -0.2) is 43.6 Å². The van der Waals surface area contributed by atoms with E-state index in [1.165, 1.54) is 7.11 Å². The molecule has 0 aliphatic carbocycles. The third kappa shape index (κ3) is 7.29. The van der Waals surface area contributed by atoms with E-state index in [9.17, 15) is 9.59 Å². The second-order valence-corrected chi connectivity index (χ2v) is 6.55. The van der Waals surface area contributed by atoms with Crippen LogP contribution in [0.25, 0.3) is 10.4 Å². The van der Waals surface area contributed by atoms with Crippen LogP contribution in [-0.2, 0) is 15.3 Å². The van der Waals surface area contributed by atoms with Crippen molar-refractivity contribution in [1.82, 2.24) is 4.90 Å². The molecule has 0 heterocycles. The van der Waals surface area contributed by atoms with E-state index in [0.29, 0.717) is 37.2 Å². The van der Waals surface area contributed by atoms with E-state index in [2.05, 4.69) is 10.0 Å². The molecule has 2 N–H and O–H groups in total. The van der Waals surface area contributed by atoms with Crippen molar-refractivity contribution in [3.8, 4) is 0 Å². The first-order chi connectivity index (χ1) is 13.9. The summed E-state index contributed by atoms with van der Waals surface area (Å²) < 4.78 is 10.9. The summed E-state index contributed by atoms with van der Waals surface area (Å²) in [5.41, 5.74) is 14.7. The first-order valence-corrected chi connectivity index (χ1v) is 9.88. The molecular weight excluding hydrogens is 374 g/mol.